The number of benzene rings is 1. The van der Waals surface area contributed by atoms with Crippen LogP contribution in [-0.2, 0) is 9.53 Å². The number of para-hydroxylation sites is 1. The Kier molecular flexibility index (Phi) is 3.75. The summed E-state index contributed by atoms with van der Waals surface area (Å²) in [5.41, 5.74) is 1.11. The van der Waals surface area contributed by atoms with E-state index >= 15 is 0 Å². The molecule has 0 aliphatic rings. The van der Waals surface area contributed by atoms with Crippen LogP contribution < -0.4 is 0 Å². The molecule has 0 bridgehead atoms. The van der Waals surface area contributed by atoms with E-state index in [1.807, 2.05) is 18.2 Å². The van der Waals surface area contributed by atoms with Crippen molar-refractivity contribution in [3.63, 3.8) is 0 Å². The zero-order chi connectivity index (χ0) is 13.8. The van der Waals surface area contributed by atoms with Crippen LogP contribution in [0.3, 0.4) is 0 Å². The smallest absolute Gasteiger partial charge is 0.325 e. The molecule has 0 aliphatic carbocycles. The molecule has 2 rings (SSSR count). The molecule has 1 aromatic heterocycles. The SMILES string of the molecule is COC(=O)CN(C)C(=O)c1cccc2cccnc12. The van der Waals surface area contributed by atoms with Crippen molar-refractivity contribution in [1.29, 1.82) is 0 Å². The highest BCUT2D eigenvalue weighted by atomic mass is 16.5. The molecule has 0 aliphatic heterocycles. The average Bonchev–Trinajstić information content (AvgIpc) is 2.45. The number of esters is 1. The number of amides is 1. The predicted octanol–water partition coefficient (Wildman–Crippen LogP) is 1.48. The molecule has 1 heterocycles. The van der Waals surface area contributed by atoms with Gasteiger partial charge in [-0.2, -0.15) is 0 Å². The molecule has 0 saturated heterocycles. The van der Waals surface area contributed by atoms with E-state index in [4.69, 9.17) is 0 Å². The summed E-state index contributed by atoms with van der Waals surface area (Å²) < 4.78 is 4.55. The van der Waals surface area contributed by atoms with Crippen LogP contribution in [-0.4, -0.2) is 42.5 Å². The van der Waals surface area contributed by atoms with E-state index in [9.17, 15) is 9.59 Å². The van der Waals surface area contributed by atoms with E-state index in [0.29, 0.717) is 11.1 Å². The fourth-order valence-corrected chi connectivity index (χ4v) is 1.81. The van der Waals surface area contributed by atoms with E-state index in [1.54, 1.807) is 25.4 Å². The summed E-state index contributed by atoms with van der Waals surface area (Å²) in [4.78, 5) is 29.0. The Balaban J connectivity index is 2.34. The zero-order valence-corrected chi connectivity index (χ0v) is 10.8. The van der Waals surface area contributed by atoms with Gasteiger partial charge in [0, 0.05) is 18.6 Å². The van der Waals surface area contributed by atoms with Gasteiger partial charge < -0.3 is 9.64 Å². The third kappa shape index (κ3) is 2.70. The number of pyridine rings is 1. The predicted molar refractivity (Wildman–Crippen MR) is 70.7 cm³/mol. The third-order valence-corrected chi connectivity index (χ3v) is 2.80. The minimum Gasteiger partial charge on any atom is -0.468 e. The largest absolute Gasteiger partial charge is 0.468 e. The standard InChI is InChI=1S/C14H14N2O3/c1-16(9-12(17)19-2)14(18)11-7-3-5-10-6-4-8-15-13(10)11/h3-8H,9H2,1-2H3. The Hall–Kier alpha value is -2.43. The summed E-state index contributed by atoms with van der Waals surface area (Å²) >= 11 is 0. The summed E-state index contributed by atoms with van der Waals surface area (Å²) in [6.45, 7) is -0.0848. The molecule has 5 heteroatoms. The molecular formula is C14H14N2O3. The average molecular weight is 258 g/mol. The van der Waals surface area contributed by atoms with Crippen molar-refractivity contribution in [3.05, 3.63) is 42.1 Å². The Morgan fingerprint density at radius 1 is 1.26 bits per heavy atom. The van der Waals surface area contributed by atoms with E-state index in [2.05, 4.69) is 9.72 Å². The second kappa shape index (κ2) is 5.48. The van der Waals surface area contributed by atoms with Gasteiger partial charge in [-0.1, -0.05) is 18.2 Å². The highest BCUT2D eigenvalue weighted by Crippen LogP contribution is 2.17. The molecule has 0 saturated carbocycles. The van der Waals surface area contributed by atoms with E-state index in [-0.39, 0.29) is 12.5 Å². The summed E-state index contributed by atoms with van der Waals surface area (Å²) in [5, 5.41) is 0.889. The van der Waals surface area contributed by atoms with Crippen molar-refractivity contribution >= 4 is 22.8 Å². The molecule has 0 atom stereocenters. The molecule has 0 unspecified atom stereocenters. The van der Waals surface area contributed by atoms with Gasteiger partial charge in [-0.25, -0.2) is 0 Å². The quantitative estimate of drug-likeness (QED) is 0.782. The van der Waals surface area contributed by atoms with Crippen LogP contribution in [0.15, 0.2) is 36.5 Å². The van der Waals surface area contributed by atoms with Crippen LogP contribution in [0.5, 0.6) is 0 Å². The maximum Gasteiger partial charge on any atom is 0.325 e. The molecule has 0 spiro atoms. The maximum atomic E-state index is 12.3. The number of carbonyl (C=O) groups is 2. The first kappa shape index (κ1) is 13.0. The second-order valence-electron chi connectivity index (χ2n) is 4.12. The highest BCUT2D eigenvalue weighted by molar-refractivity contribution is 6.06. The van der Waals surface area contributed by atoms with Gasteiger partial charge in [0.2, 0.25) is 0 Å². The van der Waals surface area contributed by atoms with Gasteiger partial charge in [0.05, 0.1) is 18.2 Å². The molecule has 0 radical (unpaired) electrons. The third-order valence-electron chi connectivity index (χ3n) is 2.80. The van der Waals surface area contributed by atoms with Crippen LogP contribution in [0, 0.1) is 0 Å². The molecule has 2 aromatic rings. The molecule has 0 fully saturated rings. The Morgan fingerprint density at radius 3 is 2.74 bits per heavy atom. The molecular weight excluding hydrogens is 244 g/mol. The first-order valence-corrected chi connectivity index (χ1v) is 5.79. The summed E-state index contributed by atoms with van der Waals surface area (Å²) in [6, 6.07) is 9.09. The monoisotopic (exact) mass is 258 g/mol. The van der Waals surface area contributed by atoms with Crippen LogP contribution in [0.4, 0.5) is 0 Å². The molecule has 1 aromatic carbocycles. The lowest BCUT2D eigenvalue weighted by atomic mass is 10.1. The van der Waals surface area contributed by atoms with E-state index in [1.165, 1.54) is 12.0 Å². The van der Waals surface area contributed by atoms with E-state index in [0.717, 1.165) is 5.39 Å². The van der Waals surface area contributed by atoms with Gasteiger partial charge in [-0.05, 0) is 12.1 Å². The van der Waals surface area contributed by atoms with E-state index < -0.39 is 5.97 Å². The number of rotatable bonds is 3. The maximum absolute atomic E-state index is 12.3. The van der Waals surface area contributed by atoms with Crippen LogP contribution in [0.25, 0.3) is 10.9 Å². The summed E-state index contributed by atoms with van der Waals surface area (Å²) in [6.07, 6.45) is 1.64. The molecule has 1 amide bonds. The fourth-order valence-electron chi connectivity index (χ4n) is 1.81. The van der Waals surface area contributed by atoms with Crippen molar-refractivity contribution in [1.82, 2.24) is 9.88 Å². The van der Waals surface area contributed by atoms with Crippen molar-refractivity contribution in [2.24, 2.45) is 0 Å². The lowest BCUT2D eigenvalue weighted by Gasteiger charge is -2.16. The van der Waals surface area contributed by atoms with Gasteiger partial charge >= 0.3 is 5.97 Å². The zero-order valence-electron chi connectivity index (χ0n) is 10.8. The number of ether oxygens (including phenoxy) is 1. The molecule has 19 heavy (non-hydrogen) atoms. The van der Waals surface area contributed by atoms with Crippen LogP contribution in [0.1, 0.15) is 10.4 Å². The van der Waals surface area contributed by atoms with Gasteiger partial charge in [0.1, 0.15) is 6.54 Å². The van der Waals surface area contributed by atoms with Crippen molar-refractivity contribution in [3.8, 4) is 0 Å². The minimum absolute atomic E-state index is 0.0848. The summed E-state index contributed by atoms with van der Waals surface area (Å²) in [5.74, 6) is -0.709. The van der Waals surface area contributed by atoms with Crippen LogP contribution in [0.2, 0.25) is 0 Å². The normalized spacial score (nSPS) is 10.2. The number of fused-ring (bicyclic) bond motifs is 1. The fraction of sp³-hybridized carbons (Fsp3) is 0.214. The Labute approximate surface area is 110 Å². The first-order valence-electron chi connectivity index (χ1n) is 5.79. The Bertz CT molecular complexity index is 620. The number of hydrogen-bond acceptors (Lipinski definition) is 4. The summed E-state index contributed by atoms with van der Waals surface area (Å²) in [7, 11) is 2.85. The molecule has 98 valence electrons. The van der Waals surface area contributed by atoms with Gasteiger partial charge in [0.25, 0.3) is 5.91 Å². The van der Waals surface area contributed by atoms with Gasteiger partial charge in [0.15, 0.2) is 0 Å². The number of nitrogens with zero attached hydrogens (tertiary/aromatic N) is 2. The number of hydrogen-bond donors (Lipinski definition) is 0. The minimum atomic E-state index is -0.455. The molecule has 0 N–H and O–H groups in total. The van der Waals surface area contributed by atoms with Crippen molar-refractivity contribution in [2.75, 3.05) is 20.7 Å². The Morgan fingerprint density at radius 2 is 2.00 bits per heavy atom. The lowest BCUT2D eigenvalue weighted by Crippen LogP contribution is -2.32. The number of carbonyl (C=O) groups excluding carboxylic acids is 2. The van der Waals surface area contributed by atoms with Crippen molar-refractivity contribution < 1.29 is 14.3 Å². The van der Waals surface area contributed by atoms with Gasteiger partial charge in [-0.15, -0.1) is 0 Å². The lowest BCUT2D eigenvalue weighted by molar-refractivity contribution is -0.141. The topological polar surface area (TPSA) is 59.5 Å². The second-order valence-corrected chi connectivity index (χ2v) is 4.12. The van der Waals surface area contributed by atoms with Gasteiger partial charge in [-0.3, -0.25) is 14.6 Å². The number of methoxy groups -OCH3 is 1. The highest BCUT2D eigenvalue weighted by Gasteiger charge is 2.17. The molecule has 5 nitrogen and oxygen atoms in total. The first-order chi connectivity index (χ1) is 9.13. The van der Waals surface area contributed by atoms with Crippen LogP contribution >= 0.6 is 0 Å². The van der Waals surface area contributed by atoms with Crippen molar-refractivity contribution in [2.45, 2.75) is 0 Å². The number of aromatic nitrogens is 1. The number of likely N-dealkylation sites (N-methyl/N-ethyl adjacent to an activating group) is 1.